The summed E-state index contributed by atoms with van der Waals surface area (Å²) in [6, 6.07) is 11.9. The maximum Gasteiger partial charge on any atom is 0.322 e. The summed E-state index contributed by atoms with van der Waals surface area (Å²) in [7, 11) is 1.63. The van der Waals surface area contributed by atoms with E-state index < -0.39 is 0 Å². The third kappa shape index (κ3) is 4.69. The van der Waals surface area contributed by atoms with Gasteiger partial charge in [-0.2, -0.15) is 15.0 Å². The standard InChI is InChI=1S/C22H21ClN6O2/c1-30-18-7-2-14(3-8-18)13-31-22-27-20(23)26-21(28-22)24-10-17-12-29-11-16(15-4-5-15)6-9-19(29)25-17/h2-3,6-9,11-12,15H,4-5,10,13H2,1H3,(H,24,26,27,28). The second kappa shape index (κ2) is 8.39. The Balaban J connectivity index is 1.24. The molecular weight excluding hydrogens is 416 g/mol. The van der Waals surface area contributed by atoms with Crippen LogP contribution in [0.5, 0.6) is 11.8 Å². The summed E-state index contributed by atoms with van der Waals surface area (Å²) in [5, 5.41) is 3.21. The Bertz CT molecular complexity index is 1210. The molecule has 0 spiro atoms. The van der Waals surface area contributed by atoms with Gasteiger partial charge in [-0.15, -0.1) is 0 Å². The van der Waals surface area contributed by atoms with Crippen LogP contribution in [0, 0.1) is 0 Å². The molecule has 9 heteroatoms. The van der Waals surface area contributed by atoms with Crippen LogP contribution in [0.3, 0.4) is 0 Å². The minimum Gasteiger partial charge on any atom is -0.497 e. The molecule has 5 rings (SSSR count). The number of ether oxygens (including phenoxy) is 2. The van der Waals surface area contributed by atoms with Gasteiger partial charge in [0.25, 0.3) is 0 Å². The Hall–Kier alpha value is -3.39. The number of methoxy groups -OCH3 is 1. The van der Waals surface area contributed by atoms with E-state index >= 15 is 0 Å². The van der Waals surface area contributed by atoms with Crippen molar-refractivity contribution in [3.8, 4) is 11.8 Å². The number of aromatic nitrogens is 5. The normalized spacial score (nSPS) is 13.4. The van der Waals surface area contributed by atoms with Gasteiger partial charge in [0.05, 0.1) is 19.3 Å². The van der Waals surface area contributed by atoms with Crippen LogP contribution in [0.1, 0.15) is 35.6 Å². The van der Waals surface area contributed by atoms with Gasteiger partial charge in [0.1, 0.15) is 18.0 Å². The molecular formula is C22H21ClN6O2. The number of nitrogens with zero attached hydrogens (tertiary/aromatic N) is 5. The lowest BCUT2D eigenvalue weighted by atomic mass is 10.2. The van der Waals surface area contributed by atoms with Gasteiger partial charge in [0, 0.05) is 12.4 Å². The summed E-state index contributed by atoms with van der Waals surface area (Å²) in [5.74, 6) is 1.83. The van der Waals surface area contributed by atoms with Gasteiger partial charge in [-0.05, 0) is 59.7 Å². The molecule has 1 fully saturated rings. The first-order chi connectivity index (χ1) is 15.2. The van der Waals surface area contributed by atoms with Crippen LogP contribution in [0.15, 0.2) is 48.8 Å². The van der Waals surface area contributed by atoms with Crippen molar-refractivity contribution in [1.29, 1.82) is 0 Å². The second-order valence-corrected chi connectivity index (χ2v) is 7.77. The largest absolute Gasteiger partial charge is 0.497 e. The molecule has 0 aliphatic heterocycles. The number of hydrogen-bond acceptors (Lipinski definition) is 7. The maximum absolute atomic E-state index is 6.05. The van der Waals surface area contributed by atoms with Gasteiger partial charge in [-0.25, -0.2) is 4.98 Å². The number of pyridine rings is 1. The monoisotopic (exact) mass is 436 g/mol. The van der Waals surface area contributed by atoms with Gasteiger partial charge in [0.15, 0.2) is 0 Å². The van der Waals surface area contributed by atoms with Crippen LogP contribution in [0.2, 0.25) is 5.28 Å². The SMILES string of the molecule is COc1ccc(COc2nc(Cl)nc(NCc3cn4cc(C5CC5)ccc4n3)n2)cc1. The van der Waals surface area contributed by atoms with Gasteiger partial charge in [0.2, 0.25) is 11.2 Å². The number of nitrogens with one attached hydrogen (secondary N) is 1. The lowest BCUT2D eigenvalue weighted by molar-refractivity contribution is 0.280. The van der Waals surface area contributed by atoms with Crippen molar-refractivity contribution in [2.45, 2.75) is 31.9 Å². The highest BCUT2D eigenvalue weighted by Gasteiger charge is 2.23. The first-order valence-electron chi connectivity index (χ1n) is 10.0. The molecule has 0 unspecified atom stereocenters. The molecule has 1 aliphatic rings. The van der Waals surface area contributed by atoms with Crippen molar-refractivity contribution in [2.75, 3.05) is 12.4 Å². The topological polar surface area (TPSA) is 86.5 Å². The van der Waals surface area contributed by atoms with E-state index in [2.05, 4.69) is 48.0 Å². The third-order valence-electron chi connectivity index (χ3n) is 5.11. The van der Waals surface area contributed by atoms with Crippen molar-refractivity contribution >= 4 is 23.2 Å². The molecule has 3 aromatic heterocycles. The molecule has 1 aromatic carbocycles. The Morgan fingerprint density at radius 2 is 1.87 bits per heavy atom. The average molecular weight is 437 g/mol. The molecule has 1 saturated carbocycles. The number of rotatable bonds is 8. The Morgan fingerprint density at radius 1 is 1.03 bits per heavy atom. The summed E-state index contributed by atoms with van der Waals surface area (Å²) >= 11 is 6.05. The predicted octanol–water partition coefficient (Wildman–Crippen LogP) is 4.25. The van der Waals surface area contributed by atoms with Gasteiger partial charge in [-0.3, -0.25) is 0 Å². The van der Waals surface area contributed by atoms with E-state index in [-0.39, 0.29) is 11.3 Å². The Morgan fingerprint density at radius 3 is 2.65 bits per heavy atom. The van der Waals surface area contributed by atoms with Crippen LogP contribution in [-0.4, -0.2) is 31.4 Å². The molecule has 0 amide bonds. The molecule has 0 saturated heterocycles. The lowest BCUT2D eigenvalue weighted by Gasteiger charge is -2.08. The number of halogens is 1. The second-order valence-electron chi connectivity index (χ2n) is 7.44. The molecule has 1 aliphatic carbocycles. The minimum absolute atomic E-state index is 0.0614. The van der Waals surface area contributed by atoms with Gasteiger partial charge < -0.3 is 19.2 Å². The lowest BCUT2D eigenvalue weighted by Crippen LogP contribution is -2.07. The van der Waals surface area contributed by atoms with E-state index in [0.717, 1.165) is 22.7 Å². The zero-order valence-corrected chi connectivity index (χ0v) is 17.7. The molecule has 1 N–H and O–H groups in total. The van der Waals surface area contributed by atoms with Crippen molar-refractivity contribution in [1.82, 2.24) is 24.3 Å². The van der Waals surface area contributed by atoms with Crippen molar-refractivity contribution in [2.24, 2.45) is 0 Å². The Labute approximate surface area is 184 Å². The van der Waals surface area contributed by atoms with E-state index in [1.165, 1.54) is 18.4 Å². The quantitative estimate of drug-likeness (QED) is 0.441. The number of fused-ring (bicyclic) bond motifs is 1. The smallest absolute Gasteiger partial charge is 0.322 e. The fourth-order valence-electron chi connectivity index (χ4n) is 3.32. The highest BCUT2D eigenvalue weighted by atomic mass is 35.5. The molecule has 4 aromatic rings. The zero-order valence-electron chi connectivity index (χ0n) is 17.0. The molecule has 31 heavy (non-hydrogen) atoms. The minimum atomic E-state index is 0.0614. The number of hydrogen-bond donors (Lipinski definition) is 1. The number of benzene rings is 1. The number of anilines is 1. The van der Waals surface area contributed by atoms with E-state index in [4.69, 9.17) is 21.1 Å². The fraction of sp³-hybridized carbons (Fsp3) is 0.273. The van der Waals surface area contributed by atoms with E-state index in [1.54, 1.807) is 7.11 Å². The summed E-state index contributed by atoms with van der Waals surface area (Å²) in [6.07, 6.45) is 6.72. The molecule has 0 atom stereocenters. The third-order valence-corrected chi connectivity index (χ3v) is 5.28. The predicted molar refractivity (Wildman–Crippen MR) is 117 cm³/mol. The highest BCUT2D eigenvalue weighted by molar-refractivity contribution is 6.28. The highest BCUT2D eigenvalue weighted by Crippen LogP contribution is 2.39. The van der Waals surface area contributed by atoms with Crippen molar-refractivity contribution in [3.63, 3.8) is 0 Å². The Kier molecular flexibility index (Phi) is 5.30. The number of imidazole rings is 1. The van der Waals surface area contributed by atoms with E-state index in [1.807, 2.05) is 30.5 Å². The van der Waals surface area contributed by atoms with Crippen molar-refractivity contribution in [3.05, 3.63) is 70.9 Å². The first-order valence-corrected chi connectivity index (χ1v) is 10.4. The fourth-order valence-corrected chi connectivity index (χ4v) is 3.47. The van der Waals surface area contributed by atoms with Crippen LogP contribution in [0.25, 0.3) is 5.65 Å². The van der Waals surface area contributed by atoms with Gasteiger partial charge in [-0.1, -0.05) is 18.2 Å². The molecule has 0 bridgehead atoms. The summed E-state index contributed by atoms with van der Waals surface area (Å²) in [6.45, 7) is 0.762. The molecule has 0 radical (unpaired) electrons. The first kappa shape index (κ1) is 19.6. The average Bonchev–Trinajstić information content (AvgIpc) is 3.55. The van der Waals surface area contributed by atoms with Gasteiger partial charge >= 0.3 is 6.01 Å². The molecule has 8 nitrogen and oxygen atoms in total. The van der Waals surface area contributed by atoms with E-state index in [0.29, 0.717) is 25.0 Å². The molecule has 158 valence electrons. The van der Waals surface area contributed by atoms with Crippen LogP contribution >= 0.6 is 11.6 Å². The maximum atomic E-state index is 6.05. The summed E-state index contributed by atoms with van der Waals surface area (Å²) in [5.41, 5.74) is 4.12. The summed E-state index contributed by atoms with van der Waals surface area (Å²) in [4.78, 5) is 17.1. The van der Waals surface area contributed by atoms with Crippen LogP contribution in [0.4, 0.5) is 5.95 Å². The van der Waals surface area contributed by atoms with Crippen molar-refractivity contribution < 1.29 is 9.47 Å². The van der Waals surface area contributed by atoms with Crippen LogP contribution < -0.4 is 14.8 Å². The zero-order chi connectivity index (χ0) is 21.2. The van der Waals surface area contributed by atoms with Crippen LogP contribution in [-0.2, 0) is 13.2 Å². The van der Waals surface area contributed by atoms with E-state index in [9.17, 15) is 0 Å². The summed E-state index contributed by atoms with van der Waals surface area (Å²) < 4.78 is 12.9. The molecule has 3 heterocycles.